The number of rotatable bonds is 7. The highest BCUT2D eigenvalue weighted by Crippen LogP contribution is 2.30. The Hall–Kier alpha value is -4.07. The van der Waals surface area contributed by atoms with E-state index in [1.807, 2.05) is 42.5 Å². The number of aliphatic carboxylic acids is 1. The third kappa shape index (κ3) is 4.77. The number of carboxylic acid groups (broad SMARTS) is 1. The molecule has 8 nitrogen and oxygen atoms in total. The van der Waals surface area contributed by atoms with Gasteiger partial charge in [0.2, 0.25) is 11.7 Å². The third-order valence-corrected chi connectivity index (χ3v) is 6.89. The first-order chi connectivity index (χ1) is 17.0. The van der Waals surface area contributed by atoms with E-state index in [0.29, 0.717) is 5.82 Å². The summed E-state index contributed by atoms with van der Waals surface area (Å²) in [5.41, 5.74) is 3.98. The molecule has 0 bridgehead atoms. The fourth-order valence-electron chi connectivity index (χ4n) is 4.81. The van der Waals surface area contributed by atoms with Crippen LogP contribution >= 0.6 is 0 Å². The highest BCUT2D eigenvalue weighted by molar-refractivity contribution is 5.89. The van der Waals surface area contributed by atoms with Crippen LogP contribution in [0, 0.1) is 5.92 Å². The molecular formula is C27H27N5O3. The van der Waals surface area contributed by atoms with Crippen molar-refractivity contribution in [2.45, 2.75) is 45.2 Å². The predicted molar refractivity (Wildman–Crippen MR) is 132 cm³/mol. The maximum absolute atomic E-state index is 13.1. The molecule has 8 heteroatoms. The van der Waals surface area contributed by atoms with Crippen LogP contribution in [0.5, 0.6) is 0 Å². The van der Waals surface area contributed by atoms with Crippen molar-refractivity contribution in [1.82, 2.24) is 25.5 Å². The van der Waals surface area contributed by atoms with Crippen molar-refractivity contribution in [1.29, 1.82) is 0 Å². The molecule has 1 aromatic heterocycles. The molecule has 1 saturated carbocycles. The zero-order valence-electron chi connectivity index (χ0n) is 19.5. The van der Waals surface area contributed by atoms with Crippen LogP contribution < -0.4 is 0 Å². The molecule has 2 N–H and O–H groups in total. The number of H-pyrrole nitrogens is 1. The Morgan fingerprint density at radius 1 is 0.971 bits per heavy atom. The number of nitrogens with one attached hydrogen (secondary N) is 1. The number of tetrazole rings is 1. The SMILES string of the molecule is CC(C(=O)O)N(Cc1ccc2cc(-c3ccc(-c4nn[nH]n4)cc3)ccc2c1)C(=O)C1CCCC1. The van der Waals surface area contributed by atoms with Crippen LogP contribution in [0.1, 0.15) is 38.2 Å². The van der Waals surface area contributed by atoms with Crippen molar-refractivity contribution in [2.24, 2.45) is 5.92 Å². The quantitative estimate of drug-likeness (QED) is 0.406. The number of aromatic nitrogens is 4. The fraction of sp³-hybridized carbons (Fsp3) is 0.296. The normalized spacial score (nSPS) is 14.8. The minimum absolute atomic E-state index is 0.0443. The standard InChI is InChI=1S/C27H27N5O3/c1-17(27(34)35)32(26(33)21-4-2-3-5-21)16-18-6-7-24-15-23(13-12-22(24)14-18)19-8-10-20(11-9-19)25-28-30-31-29-25/h6-15,17,21H,2-5,16H2,1H3,(H,34,35)(H,28,29,30,31). The molecule has 3 aromatic carbocycles. The van der Waals surface area contributed by atoms with Crippen LogP contribution in [0.3, 0.4) is 0 Å². The van der Waals surface area contributed by atoms with Crippen LogP contribution in [0.2, 0.25) is 0 Å². The fourth-order valence-corrected chi connectivity index (χ4v) is 4.81. The molecule has 0 radical (unpaired) electrons. The van der Waals surface area contributed by atoms with Gasteiger partial charge >= 0.3 is 5.97 Å². The number of hydrogen-bond donors (Lipinski definition) is 2. The van der Waals surface area contributed by atoms with Gasteiger partial charge in [-0.1, -0.05) is 61.4 Å². The minimum Gasteiger partial charge on any atom is -0.480 e. The highest BCUT2D eigenvalue weighted by atomic mass is 16.4. The Kier molecular flexibility index (Phi) is 6.27. The summed E-state index contributed by atoms with van der Waals surface area (Å²) >= 11 is 0. The summed E-state index contributed by atoms with van der Waals surface area (Å²) in [5.74, 6) is -0.532. The summed E-state index contributed by atoms with van der Waals surface area (Å²) in [5, 5.41) is 25.8. The van der Waals surface area contributed by atoms with Gasteiger partial charge in [-0.2, -0.15) is 5.21 Å². The smallest absolute Gasteiger partial charge is 0.326 e. The molecule has 1 unspecified atom stereocenters. The largest absolute Gasteiger partial charge is 0.480 e. The number of fused-ring (bicyclic) bond motifs is 1. The number of aromatic amines is 1. The Balaban J connectivity index is 1.37. The Morgan fingerprint density at radius 3 is 2.31 bits per heavy atom. The third-order valence-electron chi connectivity index (χ3n) is 6.89. The van der Waals surface area contributed by atoms with Gasteiger partial charge in [0.05, 0.1) is 0 Å². The zero-order chi connectivity index (χ0) is 24.4. The first-order valence-corrected chi connectivity index (χ1v) is 11.9. The molecule has 1 aliphatic rings. The van der Waals surface area contributed by atoms with Crippen molar-refractivity contribution in [3.05, 3.63) is 66.2 Å². The second kappa shape index (κ2) is 9.66. The van der Waals surface area contributed by atoms with E-state index >= 15 is 0 Å². The van der Waals surface area contributed by atoms with Crippen LogP contribution in [0.15, 0.2) is 60.7 Å². The van der Waals surface area contributed by atoms with Crippen molar-refractivity contribution in [2.75, 3.05) is 0 Å². The van der Waals surface area contributed by atoms with Crippen molar-refractivity contribution in [3.8, 4) is 22.5 Å². The van der Waals surface area contributed by atoms with Gasteiger partial charge in [-0.25, -0.2) is 4.79 Å². The van der Waals surface area contributed by atoms with Crippen LogP contribution in [0.4, 0.5) is 0 Å². The second-order valence-electron chi connectivity index (χ2n) is 9.17. The average Bonchev–Trinajstić information content (AvgIpc) is 3.61. The molecule has 4 aromatic rings. The first-order valence-electron chi connectivity index (χ1n) is 11.9. The zero-order valence-corrected chi connectivity index (χ0v) is 19.5. The maximum Gasteiger partial charge on any atom is 0.326 e. The Labute approximate surface area is 203 Å². The van der Waals surface area contributed by atoms with Gasteiger partial charge in [-0.15, -0.1) is 10.2 Å². The van der Waals surface area contributed by atoms with Gasteiger partial charge in [0, 0.05) is 18.0 Å². The highest BCUT2D eigenvalue weighted by Gasteiger charge is 2.32. The van der Waals surface area contributed by atoms with E-state index in [-0.39, 0.29) is 18.4 Å². The number of hydrogen-bond acceptors (Lipinski definition) is 5. The predicted octanol–water partition coefficient (Wildman–Crippen LogP) is 4.68. The Morgan fingerprint density at radius 2 is 1.63 bits per heavy atom. The summed E-state index contributed by atoms with van der Waals surface area (Å²) in [7, 11) is 0. The van der Waals surface area contributed by atoms with Crippen molar-refractivity contribution < 1.29 is 14.7 Å². The minimum atomic E-state index is -0.980. The van der Waals surface area contributed by atoms with Gasteiger partial charge < -0.3 is 10.0 Å². The summed E-state index contributed by atoms with van der Waals surface area (Å²) < 4.78 is 0. The Bertz CT molecular complexity index is 1350. The molecule has 1 atom stereocenters. The van der Waals surface area contributed by atoms with Crippen LogP contribution in [-0.4, -0.2) is 48.5 Å². The van der Waals surface area contributed by atoms with Crippen LogP contribution in [0.25, 0.3) is 33.3 Å². The molecule has 5 rings (SSSR count). The van der Waals surface area contributed by atoms with E-state index in [1.54, 1.807) is 6.92 Å². The molecule has 0 aliphatic heterocycles. The van der Waals surface area contributed by atoms with Gasteiger partial charge in [-0.3, -0.25) is 4.79 Å². The van der Waals surface area contributed by atoms with Gasteiger partial charge in [0.15, 0.2) is 0 Å². The number of nitrogens with zero attached hydrogens (tertiary/aromatic N) is 4. The van der Waals surface area contributed by atoms with Gasteiger partial charge in [0.1, 0.15) is 6.04 Å². The number of benzene rings is 3. The molecule has 1 amide bonds. The monoisotopic (exact) mass is 469 g/mol. The lowest BCUT2D eigenvalue weighted by Crippen LogP contribution is -2.45. The second-order valence-corrected chi connectivity index (χ2v) is 9.17. The number of carboxylic acids is 1. The number of carbonyl (C=O) groups excluding carboxylic acids is 1. The number of amides is 1. The molecular weight excluding hydrogens is 442 g/mol. The molecule has 0 saturated heterocycles. The maximum atomic E-state index is 13.1. The summed E-state index contributed by atoms with van der Waals surface area (Å²) in [6, 6.07) is 19.4. The summed E-state index contributed by atoms with van der Waals surface area (Å²) in [4.78, 5) is 26.4. The van der Waals surface area contributed by atoms with E-state index in [0.717, 1.165) is 58.7 Å². The van der Waals surface area contributed by atoms with E-state index in [1.165, 1.54) is 4.90 Å². The van der Waals surface area contributed by atoms with E-state index < -0.39 is 12.0 Å². The molecule has 1 fully saturated rings. The lowest BCUT2D eigenvalue weighted by Gasteiger charge is -2.29. The van der Waals surface area contributed by atoms with Crippen LogP contribution in [-0.2, 0) is 16.1 Å². The summed E-state index contributed by atoms with van der Waals surface area (Å²) in [6.45, 7) is 1.88. The van der Waals surface area contributed by atoms with Gasteiger partial charge in [0.25, 0.3) is 0 Å². The van der Waals surface area contributed by atoms with E-state index in [9.17, 15) is 14.7 Å². The number of carbonyl (C=O) groups is 2. The molecule has 0 spiro atoms. The van der Waals surface area contributed by atoms with Crippen molar-refractivity contribution in [3.63, 3.8) is 0 Å². The lowest BCUT2D eigenvalue weighted by molar-refractivity contribution is -0.151. The summed E-state index contributed by atoms with van der Waals surface area (Å²) in [6.07, 6.45) is 3.75. The lowest BCUT2D eigenvalue weighted by atomic mass is 9.98. The molecule has 35 heavy (non-hydrogen) atoms. The topological polar surface area (TPSA) is 112 Å². The molecule has 1 aliphatic carbocycles. The van der Waals surface area contributed by atoms with E-state index in [4.69, 9.17) is 0 Å². The molecule has 178 valence electrons. The van der Waals surface area contributed by atoms with Crippen molar-refractivity contribution >= 4 is 22.6 Å². The van der Waals surface area contributed by atoms with Gasteiger partial charge in [-0.05, 0) is 64.6 Å². The van der Waals surface area contributed by atoms with E-state index in [2.05, 4.69) is 38.8 Å². The first kappa shape index (κ1) is 22.7. The molecule has 1 heterocycles. The average molecular weight is 470 g/mol.